The van der Waals surface area contributed by atoms with Crippen molar-refractivity contribution in [1.29, 1.82) is 0 Å². The van der Waals surface area contributed by atoms with Crippen LogP contribution in [0.25, 0.3) is 0 Å². The minimum Gasteiger partial charge on any atom is -0.289 e. The van der Waals surface area contributed by atoms with E-state index in [1.807, 2.05) is 38.1 Å². The molecule has 0 radical (unpaired) electrons. The van der Waals surface area contributed by atoms with Crippen molar-refractivity contribution in [2.75, 3.05) is 0 Å². The van der Waals surface area contributed by atoms with Crippen molar-refractivity contribution in [3.8, 4) is 0 Å². The van der Waals surface area contributed by atoms with E-state index in [0.29, 0.717) is 0 Å². The average molecular weight is 160 g/mol. The third kappa shape index (κ3) is 2.06. The number of ketones is 1. The molecule has 0 amide bonds. The number of rotatable bonds is 2. The van der Waals surface area contributed by atoms with Crippen LogP contribution in [-0.2, 0) is 0 Å². The van der Waals surface area contributed by atoms with Gasteiger partial charge in [0.15, 0.2) is 5.78 Å². The molecule has 1 rings (SSSR count). The molecule has 1 heteroatoms. The van der Waals surface area contributed by atoms with Gasteiger partial charge in [-0.3, -0.25) is 4.79 Å². The Morgan fingerprint density at radius 3 is 2.33 bits per heavy atom. The van der Waals surface area contributed by atoms with Crippen LogP contribution in [0.2, 0.25) is 0 Å². The molecule has 62 valence electrons. The Morgan fingerprint density at radius 1 is 1.25 bits per heavy atom. The Balaban J connectivity index is 2.90. The Morgan fingerprint density at radius 2 is 1.83 bits per heavy atom. The molecule has 1 aromatic carbocycles. The summed E-state index contributed by atoms with van der Waals surface area (Å²) < 4.78 is 0. The van der Waals surface area contributed by atoms with Gasteiger partial charge in [-0.2, -0.15) is 0 Å². The second kappa shape index (κ2) is 3.86. The van der Waals surface area contributed by atoms with Gasteiger partial charge in [0.05, 0.1) is 0 Å². The zero-order chi connectivity index (χ0) is 8.97. The quantitative estimate of drug-likeness (QED) is 0.480. The third-order valence-corrected chi connectivity index (χ3v) is 1.65. The summed E-state index contributed by atoms with van der Waals surface area (Å²) in [6, 6.07) is 7.57. The maximum absolute atomic E-state index is 11.3. The van der Waals surface area contributed by atoms with Gasteiger partial charge in [0.2, 0.25) is 0 Å². The van der Waals surface area contributed by atoms with Crippen molar-refractivity contribution in [3.05, 3.63) is 47.5 Å². The highest BCUT2D eigenvalue weighted by Gasteiger charge is 1.98. The normalized spacial score (nSPS) is 10.5. The standard InChI is InChI=1S/C11H12O/c1-3-4-11(12)10-7-5-9(2)6-8-10/h3-8H,1-2H3/b4-3+. The second-order valence-corrected chi connectivity index (χ2v) is 2.73. The van der Waals surface area contributed by atoms with E-state index in [2.05, 4.69) is 0 Å². The summed E-state index contributed by atoms with van der Waals surface area (Å²) in [6.45, 7) is 3.84. The molecule has 0 bridgehead atoms. The number of carbonyl (C=O) groups is 1. The first-order chi connectivity index (χ1) is 5.74. The number of carbonyl (C=O) groups excluding carboxylic acids is 1. The van der Waals surface area contributed by atoms with Crippen LogP contribution in [0.3, 0.4) is 0 Å². The van der Waals surface area contributed by atoms with E-state index in [9.17, 15) is 4.79 Å². The summed E-state index contributed by atoms with van der Waals surface area (Å²) in [5.74, 6) is 0.0671. The number of benzene rings is 1. The number of hydrogen-bond donors (Lipinski definition) is 0. The van der Waals surface area contributed by atoms with Crippen LogP contribution in [-0.4, -0.2) is 5.78 Å². The molecule has 0 aromatic heterocycles. The molecule has 0 fully saturated rings. The highest BCUT2D eigenvalue weighted by Crippen LogP contribution is 2.04. The lowest BCUT2D eigenvalue weighted by Gasteiger charge is -1.95. The van der Waals surface area contributed by atoms with Crippen LogP contribution in [0.5, 0.6) is 0 Å². The van der Waals surface area contributed by atoms with E-state index in [1.54, 1.807) is 12.2 Å². The molecular formula is C11H12O. The van der Waals surface area contributed by atoms with Crippen molar-refractivity contribution >= 4 is 5.78 Å². The first-order valence-electron chi connectivity index (χ1n) is 3.97. The van der Waals surface area contributed by atoms with Gasteiger partial charge in [0.1, 0.15) is 0 Å². The molecule has 0 unspecified atom stereocenters. The van der Waals surface area contributed by atoms with Crippen LogP contribution in [0.15, 0.2) is 36.4 Å². The maximum atomic E-state index is 11.3. The summed E-state index contributed by atoms with van der Waals surface area (Å²) in [7, 11) is 0. The van der Waals surface area contributed by atoms with Crippen molar-refractivity contribution in [3.63, 3.8) is 0 Å². The van der Waals surface area contributed by atoms with Gasteiger partial charge in [0, 0.05) is 5.56 Å². The van der Waals surface area contributed by atoms with Crippen LogP contribution < -0.4 is 0 Å². The fourth-order valence-corrected chi connectivity index (χ4v) is 0.965. The summed E-state index contributed by atoms with van der Waals surface area (Å²) in [4.78, 5) is 11.3. The topological polar surface area (TPSA) is 17.1 Å². The van der Waals surface area contributed by atoms with E-state index in [4.69, 9.17) is 0 Å². The molecule has 0 N–H and O–H groups in total. The molecule has 0 saturated carbocycles. The second-order valence-electron chi connectivity index (χ2n) is 2.73. The molecule has 0 aliphatic heterocycles. The van der Waals surface area contributed by atoms with Gasteiger partial charge < -0.3 is 0 Å². The van der Waals surface area contributed by atoms with E-state index in [0.717, 1.165) is 5.56 Å². The van der Waals surface area contributed by atoms with Crippen molar-refractivity contribution in [2.45, 2.75) is 13.8 Å². The minimum absolute atomic E-state index is 0.0671. The van der Waals surface area contributed by atoms with E-state index in [1.165, 1.54) is 5.56 Å². The largest absolute Gasteiger partial charge is 0.289 e. The summed E-state index contributed by atoms with van der Waals surface area (Å²) in [5, 5.41) is 0. The molecule has 0 aliphatic rings. The molecular weight excluding hydrogens is 148 g/mol. The predicted molar refractivity (Wildman–Crippen MR) is 50.3 cm³/mol. The van der Waals surface area contributed by atoms with E-state index in [-0.39, 0.29) is 5.78 Å². The monoisotopic (exact) mass is 160 g/mol. The molecule has 12 heavy (non-hydrogen) atoms. The molecule has 0 aliphatic carbocycles. The lowest BCUT2D eigenvalue weighted by Crippen LogP contribution is -1.92. The lowest BCUT2D eigenvalue weighted by atomic mass is 10.1. The highest BCUT2D eigenvalue weighted by molar-refractivity contribution is 6.04. The maximum Gasteiger partial charge on any atom is 0.185 e. The summed E-state index contributed by atoms with van der Waals surface area (Å²) in [6.07, 6.45) is 3.33. The van der Waals surface area contributed by atoms with Gasteiger partial charge in [-0.05, 0) is 19.9 Å². The highest BCUT2D eigenvalue weighted by atomic mass is 16.1. The van der Waals surface area contributed by atoms with Gasteiger partial charge in [-0.1, -0.05) is 35.9 Å². The van der Waals surface area contributed by atoms with E-state index < -0.39 is 0 Å². The Hall–Kier alpha value is -1.37. The fourth-order valence-electron chi connectivity index (χ4n) is 0.965. The minimum atomic E-state index is 0.0671. The smallest absolute Gasteiger partial charge is 0.185 e. The zero-order valence-corrected chi connectivity index (χ0v) is 7.37. The van der Waals surface area contributed by atoms with Crippen molar-refractivity contribution in [2.24, 2.45) is 0 Å². The zero-order valence-electron chi connectivity index (χ0n) is 7.37. The van der Waals surface area contributed by atoms with Crippen LogP contribution >= 0.6 is 0 Å². The van der Waals surface area contributed by atoms with Gasteiger partial charge >= 0.3 is 0 Å². The lowest BCUT2D eigenvalue weighted by molar-refractivity contribution is 0.104. The average Bonchev–Trinajstić information content (AvgIpc) is 2.06. The molecule has 0 atom stereocenters. The summed E-state index contributed by atoms with van der Waals surface area (Å²) in [5.41, 5.74) is 1.92. The Kier molecular flexibility index (Phi) is 2.81. The molecule has 1 nitrogen and oxygen atoms in total. The van der Waals surface area contributed by atoms with Crippen LogP contribution in [0, 0.1) is 6.92 Å². The number of allylic oxidation sites excluding steroid dienone is 2. The first-order valence-corrected chi connectivity index (χ1v) is 3.97. The van der Waals surface area contributed by atoms with E-state index >= 15 is 0 Å². The first kappa shape index (κ1) is 8.72. The SMILES string of the molecule is C/C=C/C(=O)c1ccc(C)cc1. The van der Waals surface area contributed by atoms with Crippen LogP contribution in [0.4, 0.5) is 0 Å². The van der Waals surface area contributed by atoms with Gasteiger partial charge in [0.25, 0.3) is 0 Å². The predicted octanol–water partition coefficient (Wildman–Crippen LogP) is 2.75. The van der Waals surface area contributed by atoms with Gasteiger partial charge in [-0.25, -0.2) is 0 Å². The molecule has 0 heterocycles. The van der Waals surface area contributed by atoms with Crippen LogP contribution in [0.1, 0.15) is 22.8 Å². The Bertz CT molecular complexity index is 293. The van der Waals surface area contributed by atoms with Crippen molar-refractivity contribution in [1.82, 2.24) is 0 Å². The molecule has 1 aromatic rings. The summed E-state index contributed by atoms with van der Waals surface area (Å²) >= 11 is 0. The van der Waals surface area contributed by atoms with Crippen molar-refractivity contribution < 1.29 is 4.79 Å². The number of hydrogen-bond acceptors (Lipinski definition) is 1. The number of aryl methyl sites for hydroxylation is 1. The third-order valence-electron chi connectivity index (χ3n) is 1.65. The molecule has 0 saturated heterocycles. The van der Waals surface area contributed by atoms with Gasteiger partial charge in [-0.15, -0.1) is 0 Å². The molecule has 0 spiro atoms. The Labute approximate surface area is 72.7 Å². The fraction of sp³-hybridized carbons (Fsp3) is 0.182.